The van der Waals surface area contributed by atoms with Gasteiger partial charge in [0.25, 0.3) is 0 Å². The highest BCUT2D eigenvalue weighted by molar-refractivity contribution is 8.00. The van der Waals surface area contributed by atoms with Crippen LogP contribution < -0.4 is 5.32 Å². The van der Waals surface area contributed by atoms with Crippen molar-refractivity contribution >= 4 is 57.3 Å². The van der Waals surface area contributed by atoms with Crippen LogP contribution in [0, 0.1) is 11.3 Å². The van der Waals surface area contributed by atoms with Crippen LogP contribution in [-0.4, -0.2) is 16.6 Å². The molecule has 5 rings (SSSR count). The molecule has 1 heterocycles. The van der Waals surface area contributed by atoms with Crippen LogP contribution in [0.5, 0.6) is 0 Å². The minimum atomic E-state index is -0.191. The van der Waals surface area contributed by atoms with E-state index in [1.165, 1.54) is 11.8 Å². The number of rotatable bonds is 6. The molecular formula is C30H19Cl2N3OS. The molecule has 37 heavy (non-hydrogen) atoms. The largest absolute Gasteiger partial charge is 0.325 e. The molecule has 0 radical (unpaired) electrons. The standard InChI is InChI=1S/C30H19Cl2N3OS/c31-21-14-12-20(13-15-21)28-16-24(23-9-3-4-10-26(23)32)25(17-33)30(35-28)37-18-29(36)34-27-11-5-7-19-6-1-2-8-22(19)27/h1-16H,18H2,(H,34,36). The molecule has 0 aliphatic carbocycles. The van der Waals surface area contributed by atoms with E-state index >= 15 is 0 Å². The lowest BCUT2D eigenvalue weighted by molar-refractivity contribution is -0.113. The molecule has 0 unspecified atom stereocenters. The van der Waals surface area contributed by atoms with Crippen molar-refractivity contribution in [2.24, 2.45) is 0 Å². The molecule has 7 heteroatoms. The summed E-state index contributed by atoms with van der Waals surface area (Å²) in [5.41, 5.74) is 3.98. The highest BCUT2D eigenvalue weighted by Gasteiger charge is 2.18. The number of carbonyl (C=O) groups is 1. The third-order valence-electron chi connectivity index (χ3n) is 5.81. The van der Waals surface area contributed by atoms with E-state index in [4.69, 9.17) is 28.2 Å². The van der Waals surface area contributed by atoms with E-state index in [9.17, 15) is 10.1 Å². The summed E-state index contributed by atoms with van der Waals surface area (Å²) < 4.78 is 0. The van der Waals surface area contributed by atoms with Gasteiger partial charge in [0.1, 0.15) is 11.1 Å². The van der Waals surface area contributed by atoms with Gasteiger partial charge in [-0.25, -0.2) is 4.98 Å². The third kappa shape index (κ3) is 5.47. The average molecular weight is 540 g/mol. The van der Waals surface area contributed by atoms with Crippen LogP contribution in [0.3, 0.4) is 0 Å². The van der Waals surface area contributed by atoms with Gasteiger partial charge in [0, 0.05) is 37.8 Å². The Kier molecular flexibility index (Phi) is 7.43. The zero-order valence-electron chi connectivity index (χ0n) is 19.4. The highest BCUT2D eigenvalue weighted by Crippen LogP contribution is 2.37. The average Bonchev–Trinajstić information content (AvgIpc) is 2.92. The van der Waals surface area contributed by atoms with E-state index in [0.29, 0.717) is 31.9 Å². The molecule has 5 aromatic rings. The van der Waals surface area contributed by atoms with Crippen molar-refractivity contribution in [1.29, 1.82) is 5.26 Å². The number of anilines is 1. The molecule has 0 aliphatic rings. The number of amides is 1. The van der Waals surface area contributed by atoms with E-state index in [2.05, 4.69) is 11.4 Å². The topological polar surface area (TPSA) is 65.8 Å². The van der Waals surface area contributed by atoms with Crippen molar-refractivity contribution < 1.29 is 4.79 Å². The Balaban J connectivity index is 1.50. The van der Waals surface area contributed by atoms with Crippen LogP contribution in [0.25, 0.3) is 33.2 Å². The molecule has 0 spiro atoms. The van der Waals surface area contributed by atoms with Crippen LogP contribution in [0.4, 0.5) is 5.69 Å². The molecule has 1 amide bonds. The van der Waals surface area contributed by atoms with Gasteiger partial charge < -0.3 is 5.32 Å². The molecule has 0 saturated heterocycles. The molecule has 0 aliphatic heterocycles. The molecule has 1 N–H and O–H groups in total. The van der Waals surface area contributed by atoms with Gasteiger partial charge in [0.15, 0.2) is 0 Å². The van der Waals surface area contributed by atoms with E-state index < -0.39 is 0 Å². The summed E-state index contributed by atoms with van der Waals surface area (Å²) >= 11 is 13.8. The number of pyridine rings is 1. The molecule has 0 saturated carbocycles. The number of hydrogen-bond acceptors (Lipinski definition) is 4. The molecule has 4 aromatic carbocycles. The van der Waals surface area contributed by atoms with Crippen molar-refractivity contribution in [2.45, 2.75) is 5.03 Å². The second kappa shape index (κ2) is 11.1. The minimum Gasteiger partial charge on any atom is -0.325 e. The smallest absolute Gasteiger partial charge is 0.234 e. The Morgan fingerprint density at radius 1 is 0.892 bits per heavy atom. The molecule has 0 bridgehead atoms. The lowest BCUT2D eigenvalue weighted by Crippen LogP contribution is -2.14. The van der Waals surface area contributed by atoms with Crippen molar-refractivity contribution in [2.75, 3.05) is 11.1 Å². The summed E-state index contributed by atoms with van der Waals surface area (Å²) in [4.78, 5) is 17.7. The maximum absolute atomic E-state index is 13.0. The second-order valence-electron chi connectivity index (χ2n) is 8.20. The van der Waals surface area contributed by atoms with E-state index in [0.717, 1.165) is 27.6 Å². The molecule has 1 aromatic heterocycles. The normalized spacial score (nSPS) is 10.7. The summed E-state index contributed by atoms with van der Waals surface area (Å²) in [6.07, 6.45) is 0. The number of thioether (sulfide) groups is 1. The fourth-order valence-electron chi connectivity index (χ4n) is 4.05. The van der Waals surface area contributed by atoms with E-state index in [1.54, 1.807) is 18.2 Å². The lowest BCUT2D eigenvalue weighted by Gasteiger charge is -2.14. The van der Waals surface area contributed by atoms with E-state index in [1.807, 2.05) is 78.9 Å². The Hall–Kier alpha value is -3.82. The number of carbonyl (C=O) groups excluding carboxylic acids is 1. The summed E-state index contributed by atoms with van der Waals surface area (Å²) in [5, 5.41) is 16.7. The minimum absolute atomic E-state index is 0.0803. The number of fused-ring (bicyclic) bond motifs is 1. The Morgan fingerprint density at radius 2 is 1.62 bits per heavy atom. The fourth-order valence-corrected chi connectivity index (χ4v) is 5.22. The number of nitrogens with one attached hydrogen (secondary N) is 1. The van der Waals surface area contributed by atoms with Gasteiger partial charge in [-0.3, -0.25) is 4.79 Å². The first-order chi connectivity index (χ1) is 18.0. The van der Waals surface area contributed by atoms with Gasteiger partial charge in [0.05, 0.1) is 17.0 Å². The number of nitriles is 1. The Labute approximate surface area is 228 Å². The second-order valence-corrected chi connectivity index (χ2v) is 10.0. The number of nitrogens with zero attached hydrogens (tertiary/aromatic N) is 2. The first-order valence-electron chi connectivity index (χ1n) is 11.4. The first-order valence-corrected chi connectivity index (χ1v) is 13.1. The predicted molar refractivity (Wildman–Crippen MR) is 153 cm³/mol. The summed E-state index contributed by atoms with van der Waals surface area (Å²) in [6, 6.07) is 32.5. The molecule has 0 fully saturated rings. The molecular weight excluding hydrogens is 521 g/mol. The predicted octanol–water partition coefficient (Wildman–Crippen LogP) is 8.48. The lowest BCUT2D eigenvalue weighted by atomic mass is 9.99. The Morgan fingerprint density at radius 3 is 2.41 bits per heavy atom. The maximum atomic E-state index is 13.0. The van der Waals surface area contributed by atoms with Crippen LogP contribution in [0.1, 0.15) is 5.56 Å². The van der Waals surface area contributed by atoms with Crippen LogP contribution in [0.15, 0.2) is 102 Å². The van der Waals surface area contributed by atoms with Crippen molar-refractivity contribution in [3.05, 3.63) is 113 Å². The van der Waals surface area contributed by atoms with Crippen LogP contribution in [-0.2, 0) is 4.79 Å². The first kappa shape index (κ1) is 24.9. The van der Waals surface area contributed by atoms with Crippen molar-refractivity contribution in [1.82, 2.24) is 4.98 Å². The highest BCUT2D eigenvalue weighted by atomic mass is 35.5. The summed E-state index contributed by atoms with van der Waals surface area (Å²) in [5.74, 6) is -0.111. The SMILES string of the molecule is N#Cc1c(-c2ccccc2Cl)cc(-c2ccc(Cl)cc2)nc1SCC(=O)Nc1cccc2ccccc12. The zero-order chi connectivity index (χ0) is 25.8. The number of aromatic nitrogens is 1. The van der Waals surface area contributed by atoms with Crippen molar-refractivity contribution in [3.63, 3.8) is 0 Å². The van der Waals surface area contributed by atoms with Gasteiger partial charge in [0.2, 0.25) is 5.91 Å². The van der Waals surface area contributed by atoms with Gasteiger partial charge in [-0.05, 0) is 35.7 Å². The quantitative estimate of drug-likeness (QED) is 0.219. The van der Waals surface area contributed by atoms with Crippen molar-refractivity contribution in [3.8, 4) is 28.5 Å². The van der Waals surface area contributed by atoms with E-state index in [-0.39, 0.29) is 11.7 Å². The number of halogens is 2. The molecule has 0 atom stereocenters. The number of benzene rings is 4. The van der Waals surface area contributed by atoms with Gasteiger partial charge in [-0.2, -0.15) is 5.26 Å². The maximum Gasteiger partial charge on any atom is 0.234 e. The Bertz CT molecular complexity index is 1660. The zero-order valence-corrected chi connectivity index (χ0v) is 21.7. The fraction of sp³-hybridized carbons (Fsp3) is 0.0333. The summed E-state index contributed by atoms with van der Waals surface area (Å²) in [7, 11) is 0. The number of hydrogen-bond donors (Lipinski definition) is 1. The molecule has 4 nitrogen and oxygen atoms in total. The monoisotopic (exact) mass is 539 g/mol. The third-order valence-corrected chi connectivity index (χ3v) is 7.36. The molecule has 180 valence electrons. The summed E-state index contributed by atoms with van der Waals surface area (Å²) in [6.45, 7) is 0. The van der Waals surface area contributed by atoms with Gasteiger partial charge in [-0.15, -0.1) is 0 Å². The van der Waals surface area contributed by atoms with Gasteiger partial charge in [-0.1, -0.05) is 102 Å². The van der Waals surface area contributed by atoms with Crippen LogP contribution in [0.2, 0.25) is 10.0 Å². The van der Waals surface area contributed by atoms with Crippen LogP contribution >= 0.6 is 35.0 Å². The van der Waals surface area contributed by atoms with Gasteiger partial charge >= 0.3 is 0 Å².